The maximum Gasteiger partial charge on any atom is -0.00773 e. The summed E-state index contributed by atoms with van der Waals surface area (Å²) in [5.74, 6) is 0. The van der Waals surface area contributed by atoms with Crippen molar-refractivity contribution in [2.45, 2.75) is 64.7 Å². The average Bonchev–Trinajstić information content (AvgIpc) is 2.25. The predicted molar refractivity (Wildman–Crippen MR) is 67.5 cm³/mol. The molecule has 0 amide bonds. The summed E-state index contributed by atoms with van der Waals surface area (Å²) in [5.41, 5.74) is 5.41. The highest BCUT2D eigenvalue weighted by molar-refractivity contribution is 4.46. The van der Waals surface area contributed by atoms with Gasteiger partial charge in [-0.3, -0.25) is 0 Å². The van der Waals surface area contributed by atoms with Gasteiger partial charge in [0.05, 0.1) is 0 Å². The summed E-state index contributed by atoms with van der Waals surface area (Å²) in [6.07, 6.45) is 12.5. The molecule has 0 aliphatic carbocycles. The molecule has 0 aliphatic heterocycles. The topological polar surface area (TPSA) is 26.0 Å². The zero-order chi connectivity index (χ0) is 11.1. The number of hydrogen-bond acceptors (Lipinski definition) is 1. The Morgan fingerprint density at radius 3 is 1.43 bits per heavy atom. The first-order chi connectivity index (χ1) is 6.91. The maximum absolute atomic E-state index is 5.41. The molecule has 0 spiro atoms. The van der Waals surface area contributed by atoms with Crippen molar-refractivity contribution in [2.75, 3.05) is 6.54 Å². The third-order valence-corrected chi connectivity index (χ3v) is 2.31. The van der Waals surface area contributed by atoms with Crippen LogP contribution in [-0.4, -0.2) is 6.54 Å². The van der Waals surface area contributed by atoms with E-state index in [0.717, 1.165) is 6.54 Å². The molecule has 0 saturated carbocycles. The zero-order valence-electron chi connectivity index (χ0n) is 10.1. The predicted octanol–water partition coefficient (Wildman–Crippen LogP) is 4.28. The second-order valence-electron chi connectivity index (χ2n) is 3.62. The largest absolute Gasteiger partial charge is 0.330 e. The summed E-state index contributed by atoms with van der Waals surface area (Å²) in [6, 6.07) is 0. The lowest BCUT2D eigenvalue weighted by Gasteiger charge is -1.99. The van der Waals surface area contributed by atoms with Crippen LogP contribution >= 0.6 is 0 Å². The number of nitrogens with two attached hydrogens (primary N) is 1. The van der Waals surface area contributed by atoms with Gasteiger partial charge in [0.1, 0.15) is 0 Å². The highest BCUT2D eigenvalue weighted by Gasteiger charge is 1.90. The molecular weight excluding hydrogens is 170 g/mol. The van der Waals surface area contributed by atoms with Gasteiger partial charge in [-0.25, -0.2) is 0 Å². The van der Waals surface area contributed by atoms with Crippen LogP contribution in [0.1, 0.15) is 64.7 Å². The molecule has 0 aromatic heterocycles. The number of unbranched alkanes of at least 4 members (excludes halogenated alkanes) is 8. The van der Waals surface area contributed by atoms with Crippen molar-refractivity contribution in [3.63, 3.8) is 0 Å². The van der Waals surface area contributed by atoms with Gasteiger partial charge in [-0.2, -0.15) is 0 Å². The molecule has 0 heterocycles. The van der Waals surface area contributed by atoms with Crippen LogP contribution in [0.5, 0.6) is 0 Å². The molecule has 1 heteroatoms. The molecule has 0 unspecified atom stereocenters. The molecule has 0 aromatic rings. The van der Waals surface area contributed by atoms with Crippen molar-refractivity contribution in [3.05, 3.63) is 13.2 Å². The van der Waals surface area contributed by atoms with Crippen molar-refractivity contribution in [1.82, 2.24) is 0 Å². The van der Waals surface area contributed by atoms with E-state index in [4.69, 9.17) is 5.73 Å². The summed E-state index contributed by atoms with van der Waals surface area (Å²) in [4.78, 5) is 0. The highest BCUT2D eigenvalue weighted by Crippen LogP contribution is 2.08. The maximum atomic E-state index is 5.41. The molecule has 86 valence electrons. The summed E-state index contributed by atoms with van der Waals surface area (Å²) in [6.45, 7) is 9.14. The zero-order valence-corrected chi connectivity index (χ0v) is 10.1. The fraction of sp³-hybridized carbons (Fsp3) is 0.846. The van der Waals surface area contributed by atoms with E-state index in [2.05, 4.69) is 20.1 Å². The van der Waals surface area contributed by atoms with Crippen molar-refractivity contribution >= 4 is 0 Å². The summed E-state index contributed by atoms with van der Waals surface area (Å²) < 4.78 is 0. The Morgan fingerprint density at radius 2 is 1.07 bits per heavy atom. The molecule has 0 fully saturated rings. The Kier molecular flexibility index (Phi) is 21.3. The van der Waals surface area contributed by atoms with Crippen molar-refractivity contribution in [2.24, 2.45) is 5.73 Å². The van der Waals surface area contributed by atoms with Crippen LogP contribution in [0.4, 0.5) is 0 Å². The first-order valence-corrected chi connectivity index (χ1v) is 6.12. The van der Waals surface area contributed by atoms with Crippen molar-refractivity contribution in [3.8, 4) is 0 Å². The minimum absolute atomic E-state index is 0.871. The minimum Gasteiger partial charge on any atom is -0.330 e. The smallest absolute Gasteiger partial charge is 0.00773 e. The van der Waals surface area contributed by atoms with E-state index in [1.165, 1.54) is 57.8 Å². The van der Waals surface area contributed by atoms with E-state index in [1.54, 1.807) is 0 Å². The summed E-state index contributed by atoms with van der Waals surface area (Å²) >= 11 is 0. The van der Waals surface area contributed by atoms with E-state index in [0.29, 0.717) is 0 Å². The Bertz CT molecular complexity index is 71.3. The van der Waals surface area contributed by atoms with Crippen LogP contribution in [0.2, 0.25) is 0 Å². The summed E-state index contributed by atoms with van der Waals surface area (Å²) in [5, 5.41) is 0. The van der Waals surface area contributed by atoms with E-state index < -0.39 is 0 Å². The van der Waals surface area contributed by atoms with Crippen LogP contribution in [0.25, 0.3) is 0 Å². The molecule has 0 saturated heterocycles. The van der Waals surface area contributed by atoms with E-state index in [9.17, 15) is 0 Å². The third kappa shape index (κ3) is 17.7. The van der Waals surface area contributed by atoms with Gasteiger partial charge in [-0.15, -0.1) is 13.2 Å². The molecule has 0 radical (unpaired) electrons. The molecule has 0 aliphatic rings. The number of rotatable bonds is 9. The Balaban J connectivity index is 0. The quantitative estimate of drug-likeness (QED) is 0.435. The molecule has 0 bridgehead atoms. The third-order valence-electron chi connectivity index (χ3n) is 2.31. The Labute approximate surface area is 90.8 Å². The van der Waals surface area contributed by atoms with Crippen LogP contribution < -0.4 is 5.73 Å². The Hall–Kier alpha value is -0.300. The first kappa shape index (κ1) is 16.1. The normalized spacial score (nSPS) is 9.29. The van der Waals surface area contributed by atoms with E-state index in [-0.39, 0.29) is 0 Å². The van der Waals surface area contributed by atoms with Gasteiger partial charge in [0.15, 0.2) is 0 Å². The lowest BCUT2D eigenvalue weighted by molar-refractivity contribution is 0.567. The van der Waals surface area contributed by atoms with Crippen molar-refractivity contribution < 1.29 is 0 Å². The van der Waals surface area contributed by atoms with Crippen LogP contribution in [0.15, 0.2) is 13.2 Å². The van der Waals surface area contributed by atoms with E-state index >= 15 is 0 Å². The Morgan fingerprint density at radius 1 is 0.714 bits per heavy atom. The SMILES string of the molecule is C=C.CCCCCCCCCCCN. The van der Waals surface area contributed by atoms with Gasteiger partial charge < -0.3 is 5.73 Å². The molecule has 14 heavy (non-hydrogen) atoms. The first-order valence-electron chi connectivity index (χ1n) is 6.12. The fourth-order valence-corrected chi connectivity index (χ4v) is 1.45. The van der Waals surface area contributed by atoms with Gasteiger partial charge in [-0.1, -0.05) is 58.3 Å². The number of hydrogen-bond donors (Lipinski definition) is 1. The molecule has 0 atom stereocenters. The summed E-state index contributed by atoms with van der Waals surface area (Å²) in [7, 11) is 0. The molecule has 1 nitrogen and oxygen atoms in total. The second kappa shape index (κ2) is 18.5. The molecule has 0 aromatic carbocycles. The second-order valence-corrected chi connectivity index (χ2v) is 3.62. The van der Waals surface area contributed by atoms with Gasteiger partial charge in [0.25, 0.3) is 0 Å². The van der Waals surface area contributed by atoms with Crippen molar-refractivity contribution in [1.29, 1.82) is 0 Å². The lowest BCUT2D eigenvalue weighted by Crippen LogP contribution is -1.97. The minimum atomic E-state index is 0.871. The highest BCUT2D eigenvalue weighted by atomic mass is 14.5. The van der Waals surface area contributed by atoms with Crippen LogP contribution in [0.3, 0.4) is 0 Å². The van der Waals surface area contributed by atoms with Gasteiger partial charge >= 0.3 is 0 Å². The standard InChI is InChI=1S/C11H25N.C2H4/c1-2-3-4-5-6-7-8-9-10-11-12;1-2/h2-12H2,1H3;1-2H2. The molecular formula is C13H29N. The van der Waals surface area contributed by atoms with Gasteiger partial charge in [0.2, 0.25) is 0 Å². The molecule has 0 rings (SSSR count). The van der Waals surface area contributed by atoms with Crippen LogP contribution in [-0.2, 0) is 0 Å². The fourth-order valence-electron chi connectivity index (χ4n) is 1.45. The monoisotopic (exact) mass is 199 g/mol. The van der Waals surface area contributed by atoms with Crippen LogP contribution in [0, 0.1) is 0 Å². The van der Waals surface area contributed by atoms with Gasteiger partial charge in [0, 0.05) is 0 Å². The lowest BCUT2D eigenvalue weighted by atomic mass is 10.1. The molecule has 2 N–H and O–H groups in total. The van der Waals surface area contributed by atoms with E-state index in [1.807, 2.05) is 0 Å². The average molecular weight is 199 g/mol. The van der Waals surface area contributed by atoms with Gasteiger partial charge in [-0.05, 0) is 13.0 Å².